The Morgan fingerprint density at radius 2 is 1.88 bits per heavy atom. The van der Waals surface area contributed by atoms with Gasteiger partial charge in [-0.15, -0.1) is 0 Å². The molecule has 2 rings (SSSR count). The molecule has 0 saturated heterocycles. The molecule has 0 spiro atoms. The van der Waals surface area contributed by atoms with E-state index in [1.54, 1.807) is 0 Å². The minimum Gasteiger partial charge on any atom is -0.481 e. The monoisotopic (exact) mass is 355 g/mol. The Kier molecular flexibility index (Phi) is 5.18. The smallest absolute Gasteiger partial charge is 0.336 e. The molecule has 24 heavy (non-hydrogen) atoms. The highest BCUT2D eigenvalue weighted by Gasteiger charge is 2.18. The van der Waals surface area contributed by atoms with Crippen LogP contribution in [0.2, 0.25) is 0 Å². The van der Waals surface area contributed by atoms with Gasteiger partial charge in [0.15, 0.2) is 0 Å². The molecular weight excluding hydrogens is 341 g/mol. The van der Waals surface area contributed by atoms with Gasteiger partial charge in [0, 0.05) is 29.6 Å². The van der Waals surface area contributed by atoms with Crippen molar-refractivity contribution in [2.45, 2.75) is 19.0 Å². The average Bonchev–Trinajstić information content (AvgIpc) is 2.42. The fourth-order valence-corrected chi connectivity index (χ4v) is 2.81. The normalized spacial score (nSPS) is 11.4. The standard InChI is InChI=1S/C14H14NO8P/c16-12(3-4-13(17)18)15-9-1-2-10-8(7-24(20,21)22)5-14(19)23-11(10)6-9/h1-2,5-6H,3-4,7H2,(H,15,16)(H,17,18)(H2,20,21,22). The molecule has 0 saturated carbocycles. The fourth-order valence-electron chi connectivity index (χ4n) is 2.10. The lowest BCUT2D eigenvalue weighted by Crippen LogP contribution is -2.13. The van der Waals surface area contributed by atoms with Crippen molar-refractivity contribution in [3.63, 3.8) is 0 Å². The van der Waals surface area contributed by atoms with E-state index in [0.717, 1.165) is 6.07 Å². The predicted molar refractivity (Wildman–Crippen MR) is 83.7 cm³/mol. The van der Waals surface area contributed by atoms with Crippen molar-refractivity contribution >= 4 is 36.1 Å². The van der Waals surface area contributed by atoms with Crippen LogP contribution in [0, 0.1) is 0 Å². The first kappa shape index (κ1) is 17.9. The average molecular weight is 355 g/mol. The van der Waals surface area contributed by atoms with E-state index >= 15 is 0 Å². The van der Waals surface area contributed by atoms with E-state index in [2.05, 4.69) is 5.32 Å². The molecule has 0 radical (unpaired) electrons. The molecule has 1 aromatic heterocycles. The fraction of sp³-hybridized carbons (Fsp3) is 0.214. The lowest BCUT2D eigenvalue weighted by molar-refractivity contribution is -0.138. The van der Waals surface area contributed by atoms with Crippen LogP contribution in [0.15, 0.2) is 33.5 Å². The van der Waals surface area contributed by atoms with E-state index in [-0.39, 0.29) is 29.7 Å². The number of anilines is 1. The second-order valence-corrected chi connectivity index (χ2v) is 6.71. The molecule has 1 amide bonds. The van der Waals surface area contributed by atoms with Crippen molar-refractivity contribution in [1.29, 1.82) is 0 Å². The predicted octanol–water partition coefficient (Wildman–Crippen LogP) is 1.27. The Morgan fingerprint density at radius 1 is 1.17 bits per heavy atom. The van der Waals surface area contributed by atoms with Crippen LogP contribution in [0.4, 0.5) is 5.69 Å². The number of hydrogen-bond acceptors (Lipinski definition) is 5. The van der Waals surface area contributed by atoms with E-state index in [4.69, 9.17) is 19.3 Å². The third-order valence-electron chi connectivity index (χ3n) is 3.06. The lowest BCUT2D eigenvalue weighted by atomic mass is 10.1. The highest BCUT2D eigenvalue weighted by molar-refractivity contribution is 7.50. The molecule has 4 N–H and O–H groups in total. The van der Waals surface area contributed by atoms with Gasteiger partial charge in [-0.2, -0.15) is 0 Å². The molecular formula is C14H14NO8P. The molecule has 0 atom stereocenters. The first-order valence-corrected chi connectivity index (χ1v) is 8.57. The summed E-state index contributed by atoms with van der Waals surface area (Å²) in [6.07, 6.45) is -1.14. The van der Waals surface area contributed by atoms with Gasteiger partial charge in [0.2, 0.25) is 5.91 Å². The first-order chi connectivity index (χ1) is 11.1. The number of rotatable bonds is 6. The number of carbonyl (C=O) groups is 2. The van der Waals surface area contributed by atoms with Gasteiger partial charge in [-0.1, -0.05) is 0 Å². The van der Waals surface area contributed by atoms with E-state index in [9.17, 15) is 18.9 Å². The minimum absolute atomic E-state index is 0.0574. The molecule has 10 heteroatoms. The summed E-state index contributed by atoms with van der Waals surface area (Å²) in [6.45, 7) is 0. The van der Waals surface area contributed by atoms with E-state index in [0.29, 0.717) is 5.39 Å². The minimum atomic E-state index is -4.37. The molecule has 128 valence electrons. The molecule has 9 nitrogen and oxygen atoms in total. The molecule has 0 aliphatic rings. The number of carboxylic acid groups (broad SMARTS) is 1. The van der Waals surface area contributed by atoms with Crippen LogP contribution in [0.5, 0.6) is 0 Å². The van der Waals surface area contributed by atoms with Crippen molar-refractivity contribution < 1.29 is 33.5 Å². The van der Waals surface area contributed by atoms with Crippen molar-refractivity contribution in [2.75, 3.05) is 5.32 Å². The van der Waals surface area contributed by atoms with Crippen LogP contribution in [0.25, 0.3) is 11.0 Å². The van der Waals surface area contributed by atoms with Crippen molar-refractivity contribution in [3.05, 3.63) is 40.2 Å². The molecule has 0 fully saturated rings. The molecule has 0 aliphatic carbocycles. The molecule has 1 heterocycles. The van der Waals surface area contributed by atoms with Gasteiger partial charge in [0.1, 0.15) is 5.58 Å². The van der Waals surface area contributed by atoms with Crippen molar-refractivity contribution in [2.24, 2.45) is 0 Å². The molecule has 0 unspecified atom stereocenters. The van der Waals surface area contributed by atoms with Gasteiger partial charge in [0.05, 0.1) is 12.6 Å². The summed E-state index contributed by atoms with van der Waals surface area (Å²) in [5.74, 6) is -1.62. The number of carboxylic acids is 1. The highest BCUT2D eigenvalue weighted by Crippen LogP contribution is 2.40. The van der Waals surface area contributed by atoms with Crippen molar-refractivity contribution in [3.8, 4) is 0 Å². The van der Waals surface area contributed by atoms with Gasteiger partial charge >= 0.3 is 19.2 Å². The van der Waals surface area contributed by atoms with Crippen LogP contribution >= 0.6 is 7.60 Å². The van der Waals surface area contributed by atoms with E-state index in [1.165, 1.54) is 18.2 Å². The Hall–Kier alpha value is -2.48. The summed E-state index contributed by atoms with van der Waals surface area (Å²) in [5.41, 5.74) is -0.310. The third-order valence-corrected chi connectivity index (χ3v) is 3.81. The summed E-state index contributed by atoms with van der Waals surface area (Å²) in [7, 11) is -4.37. The maximum absolute atomic E-state index is 11.6. The zero-order chi connectivity index (χ0) is 17.9. The summed E-state index contributed by atoms with van der Waals surface area (Å²) >= 11 is 0. The number of benzene rings is 1. The van der Waals surface area contributed by atoms with Crippen LogP contribution < -0.4 is 10.9 Å². The Labute approximate surface area is 135 Å². The maximum Gasteiger partial charge on any atom is 0.336 e. The number of amides is 1. The molecule has 1 aromatic carbocycles. The summed E-state index contributed by atoms with van der Waals surface area (Å²) in [6, 6.07) is 5.26. The first-order valence-electron chi connectivity index (χ1n) is 6.77. The second kappa shape index (κ2) is 6.96. The SMILES string of the molecule is O=C(O)CCC(=O)Nc1ccc2c(CP(=O)(O)O)cc(=O)oc2c1. The van der Waals surface area contributed by atoms with Gasteiger partial charge in [-0.25, -0.2) is 4.79 Å². The quantitative estimate of drug-likeness (QED) is 0.446. The number of fused-ring (bicyclic) bond motifs is 1. The number of hydrogen-bond donors (Lipinski definition) is 4. The Bertz CT molecular complexity index is 897. The van der Waals surface area contributed by atoms with Gasteiger partial charge in [0.25, 0.3) is 0 Å². The lowest BCUT2D eigenvalue weighted by Gasteiger charge is -2.09. The summed E-state index contributed by atoms with van der Waals surface area (Å²) in [5, 5.41) is 11.3. The van der Waals surface area contributed by atoms with Crippen LogP contribution in [0.1, 0.15) is 18.4 Å². The van der Waals surface area contributed by atoms with Crippen molar-refractivity contribution in [1.82, 2.24) is 0 Å². The zero-order valence-electron chi connectivity index (χ0n) is 12.3. The number of aliphatic carboxylic acids is 1. The zero-order valence-corrected chi connectivity index (χ0v) is 13.2. The van der Waals surface area contributed by atoms with Crippen LogP contribution in [0.3, 0.4) is 0 Å². The highest BCUT2D eigenvalue weighted by atomic mass is 31.2. The van der Waals surface area contributed by atoms with Gasteiger partial charge < -0.3 is 24.6 Å². The number of nitrogens with one attached hydrogen (secondary N) is 1. The maximum atomic E-state index is 11.6. The molecule has 0 aliphatic heterocycles. The Balaban J connectivity index is 2.31. The van der Waals surface area contributed by atoms with Gasteiger partial charge in [-0.3, -0.25) is 14.2 Å². The molecule has 0 bridgehead atoms. The van der Waals surface area contributed by atoms with E-state index < -0.39 is 31.3 Å². The molecule has 2 aromatic rings. The summed E-state index contributed by atoms with van der Waals surface area (Å²) < 4.78 is 16.1. The third kappa shape index (κ3) is 5.02. The Morgan fingerprint density at radius 3 is 2.50 bits per heavy atom. The van der Waals surface area contributed by atoms with Gasteiger partial charge in [-0.05, 0) is 17.7 Å². The van der Waals surface area contributed by atoms with Crippen LogP contribution in [-0.4, -0.2) is 26.8 Å². The second-order valence-electron chi connectivity index (χ2n) is 5.07. The summed E-state index contributed by atoms with van der Waals surface area (Å²) in [4.78, 5) is 51.7. The topological polar surface area (TPSA) is 154 Å². The number of carbonyl (C=O) groups excluding carboxylic acids is 1. The largest absolute Gasteiger partial charge is 0.481 e. The van der Waals surface area contributed by atoms with Crippen LogP contribution in [-0.2, 0) is 20.3 Å². The van der Waals surface area contributed by atoms with E-state index in [1.807, 2.05) is 0 Å².